The topological polar surface area (TPSA) is 109 Å². The Labute approximate surface area is 129 Å². The maximum atomic E-state index is 12.3. The summed E-state index contributed by atoms with van der Waals surface area (Å²) in [5.41, 5.74) is 1.53. The monoisotopic (exact) mass is 389 g/mol. The molecule has 0 spiro atoms. The number of fused-ring (bicyclic) bond motifs is 1. The Bertz CT molecular complexity index is 932. The molecule has 7 nitrogen and oxygen atoms in total. The Hall–Kier alpha value is -1.74. The molecule has 0 atom stereocenters. The molecule has 0 aliphatic heterocycles. The van der Waals surface area contributed by atoms with Gasteiger partial charge in [-0.15, -0.1) is 0 Å². The van der Waals surface area contributed by atoms with Gasteiger partial charge in [0.2, 0.25) is 0 Å². The van der Waals surface area contributed by atoms with Gasteiger partial charge < -0.3 is 0 Å². The Morgan fingerprint density at radius 3 is 2.86 bits per heavy atom. The molecule has 0 saturated heterocycles. The number of hydrogen-bond donors (Lipinski definition) is 2. The summed E-state index contributed by atoms with van der Waals surface area (Å²) in [5, 5.41) is 10.1. The molecule has 2 aromatic heterocycles. The van der Waals surface area contributed by atoms with E-state index in [2.05, 4.69) is 12.7 Å². The first-order chi connectivity index (χ1) is 9.97. The Morgan fingerprint density at radius 1 is 1.33 bits per heavy atom. The van der Waals surface area contributed by atoms with Crippen LogP contribution in [0, 0.1) is 0 Å². The van der Waals surface area contributed by atoms with Crippen LogP contribution in [0.2, 0.25) is 0 Å². The van der Waals surface area contributed by atoms with Crippen molar-refractivity contribution in [3.8, 4) is 0 Å². The van der Waals surface area contributed by atoms with Crippen LogP contribution in [-0.4, -0.2) is 42.4 Å². The number of anilines is 1. The van der Waals surface area contributed by atoms with Crippen molar-refractivity contribution in [1.82, 2.24) is 7.96 Å². The zero-order valence-corrected chi connectivity index (χ0v) is 13.5. The minimum atomic E-state index is -3.85. The molecule has 2 heterocycles. The van der Waals surface area contributed by atoms with Gasteiger partial charge in [-0.3, -0.25) is 0 Å². The molecule has 0 unspecified atom stereocenters. The van der Waals surface area contributed by atoms with Crippen LogP contribution in [-0.2, 0) is 10.0 Å². The number of carbonyl (C=O) groups is 1. The van der Waals surface area contributed by atoms with Gasteiger partial charge in [0.05, 0.1) is 0 Å². The van der Waals surface area contributed by atoms with Gasteiger partial charge in [-0.2, -0.15) is 0 Å². The van der Waals surface area contributed by atoms with Gasteiger partial charge in [-0.25, -0.2) is 0 Å². The molecule has 0 bridgehead atoms. The van der Waals surface area contributed by atoms with Gasteiger partial charge in [-0.1, -0.05) is 0 Å². The van der Waals surface area contributed by atoms with E-state index >= 15 is 0 Å². The summed E-state index contributed by atoms with van der Waals surface area (Å²) in [5.74, 6) is -1.15. The minimum absolute atomic E-state index is 0.0308. The van der Waals surface area contributed by atoms with E-state index in [4.69, 9.17) is 5.11 Å². The predicted octanol–water partition coefficient (Wildman–Crippen LogP) is 1.25. The molecule has 3 rings (SSSR count). The Balaban J connectivity index is 1.99. The number of thiophene rings is 1. The van der Waals surface area contributed by atoms with Crippen LogP contribution in [0.1, 0.15) is 9.67 Å². The molecule has 0 saturated carbocycles. The zero-order valence-electron chi connectivity index (χ0n) is 10.2. The van der Waals surface area contributed by atoms with Crippen molar-refractivity contribution in [2.24, 2.45) is 0 Å². The molecule has 0 aliphatic rings. The number of aromatic carboxylic acids is 1. The first-order valence-corrected chi connectivity index (χ1v) is 9.43. The summed E-state index contributed by atoms with van der Waals surface area (Å²) >= 11 is 0.602. The van der Waals surface area contributed by atoms with Crippen molar-refractivity contribution in [2.75, 3.05) is 4.72 Å². The molecule has 108 valence electrons. The van der Waals surface area contributed by atoms with Crippen molar-refractivity contribution in [1.29, 1.82) is 0 Å². The summed E-state index contributed by atoms with van der Waals surface area (Å²) in [4.78, 5) is 10.7. The molecule has 10 heteroatoms. The van der Waals surface area contributed by atoms with Crippen molar-refractivity contribution < 1.29 is 18.3 Å². The van der Waals surface area contributed by atoms with Gasteiger partial charge in [0, 0.05) is 0 Å². The molecule has 2 N–H and O–H groups in total. The van der Waals surface area contributed by atoms with Crippen LogP contribution < -0.4 is 4.72 Å². The third-order valence-corrected chi connectivity index (χ3v) is 6.18. The maximum absolute atomic E-state index is 12.3. The quantitative estimate of drug-likeness (QED) is 0.651. The number of aromatic nitrogens is 2. The number of nitrogens with zero attached hydrogens (tertiary/aromatic N) is 2. The van der Waals surface area contributed by atoms with Crippen molar-refractivity contribution in [3.63, 3.8) is 0 Å². The SMILES string of the molecule is O=C(O)c1cc(S(=O)(=O)Nc2cccc3n[se]nc23)cs1. The summed E-state index contributed by atoms with van der Waals surface area (Å²) in [6.07, 6.45) is 0. The van der Waals surface area contributed by atoms with Gasteiger partial charge in [0.1, 0.15) is 0 Å². The van der Waals surface area contributed by atoms with Crippen LogP contribution in [0.15, 0.2) is 34.5 Å². The number of rotatable bonds is 4. The zero-order chi connectivity index (χ0) is 15.0. The van der Waals surface area contributed by atoms with Gasteiger partial charge in [0.25, 0.3) is 0 Å². The molecule has 0 fully saturated rings. The van der Waals surface area contributed by atoms with E-state index in [1.807, 2.05) is 0 Å². The second-order valence-corrected chi connectivity index (χ2v) is 7.70. The van der Waals surface area contributed by atoms with Crippen molar-refractivity contribution in [2.45, 2.75) is 4.90 Å². The summed E-state index contributed by atoms with van der Waals surface area (Å²) in [6, 6.07) is 6.18. The second-order valence-electron chi connectivity index (χ2n) is 3.99. The standard InChI is InChI=1S/C11H7N3O4S2Se/c15-11(16)9-4-6(5-19-9)20(17,18)12-7-2-1-3-8-10(7)14-21-13-8/h1-5,12H,(H,15,16). The van der Waals surface area contributed by atoms with E-state index < -0.39 is 16.0 Å². The van der Waals surface area contributed by atoms with E-state index in [1.165, 1.54) is 5.38 Å². The fraction of sp³-hybridized carbons (Fsp3) is 0. The molecule has 0 amide bonds. The van der Waals surface area contributed by atoms with Crippen molar-refractivity contribution >= 4 is 59.0 Å². The first kappa shape index (κ1) is 14.2. The first-order valence-electron chi connectivity index (χ1n) is 5.53. The van der Waals surface area contributed by atoms with E-state index in [1.54, 1.807) is 18.2 Å². The summed E-state index contributed by atoms with van der Waals surface area (Å²) in [7, 11) is -3.85. The fourth-order valence-corrected chi connectivity index (χ4v) is 4.99. The molecule has 0 radical (unpaired) electrons. The fourth-order valence-electron chi connectivity index (χ4n) is 1.66. The normalized spacial score (nSPS) is 11.6. The van der Waals surface area contributed by atoms with Gasteiger partial charge in [0.15, 0.2) is 0 Å². The number of benzene rings is 1. The summed E-state index contributed by atoms with van der Waals surface area (Å²) in [6.45, 7) is 0. The van der Waals surface area contributed by atoms with E-state index in [9.17, 15) is 13.2 Å². The average molecular weight is 388 g/mol. The molecule has 3 aromatic rings. The number of hydrogen-bond acceptors (Lipinski definition) is 6. The summed E-state index contributed by atoms with van der Waals surface area (Å²) < 4.78 is 35.3. The van der Waals surface area contributed by atoms with Crippen LogP contribution in [0.5, 0.6) is 0 Å². The van der Waals surface area contributed by atoms with E-state index in [-0.39, 0.29) is 24.7 Å². The molecule has 21 heavy (non-hydrogen) atoms. The number of carboxylic acids is 1. The molecular formula is C11H7N3O4S2Se. The number of carboxylic acid groups (broad SMARTS) is 1. The third kappa shape index (κ3) is 2.70. The van der Waals surface area contributed by atoms with Crippen LogP contribution in [0.25, 0.3) is 11.0 Å². The Morgan fingerprint density at radius 2 is 2.14 bits per heavy atom. The average Bonchev–Trinajstić information content (AvgIpc) is 3.08. The second kappa shape index (κ2) is 5.23. The van der Waals surface area contributed by atoms with Gasteiger partial charge in [-0.05, 0) is 0 Å². The number of sulfonamides is 1. The molecule has 1 aromatic carbocycles. The third-order valence-electron chi connectivity index (χ3n) is 2.63. The van der Waals surface area contributed by atoms with Crippen molar-refractivity contribution in [3.05, 3.63) is 34.5 Å². The van der Waals surface area contributed by atoms with Crippen LogP contribution in [0.3, 0.4) is 0 Å². The molecule has 0 aliphatic carbocycles. The Kier molecular flexibility index (Phi) is 3.54. The van der Waals surface area contributed by atoms with E-state index in [0.29, 0.717) is 16.7 Å². The predicted molar refractivity (Wildman–Crippen MR) is 78.6 cm³/mol. The van der Waals surface area contributed by atoms with Crippen LogP contribution >= 0.6 is 11.3 Å². The van der Waals surface area contributed by atoms with Crippen LogP contribution in [0.4, 0.5) is 5.69 Å². The molecular weight excluding hydrogens is 381 g/mol. The number of nitrogens with one attached hydrogen (secondary N) is 1. The van der Waals surface area contributed by atoms with Gasteiger partial charge >= 0.3 is 129 Å². The van der Waals surface area contributed by atoms with E-state index in [0.717, 1.165) is 17.4 Å².